The highest BCUT2D eigenvalue weighted by Crippen LogP contribution is 2.25. The van der Waals surface area contributed by atoms with Gasteiger partial charge in [0.25, 0.3) is 0 Å². The number of carbonyl (C=O) groups is 2. The molecule has 2 aromatic rings. The number of rotatable bonds is 8. The zero-order chi connectivity index (χ0) is 24.1. The first-order chi connectivity index (χ1) is 15.6. The van der Waals surface area contributed by atoms with E-state index in [1.54, 1.807) is 30.3 Å². The van der Waals surface area contributed by atoms with Crippen LogP contribution in [0.5, 0.6) is 0 Å². The van der Waals surface area contributed by atoms with Gasteiger partial charge in [0.05, 0.1) is 9.79 Å². The van der Waals surface area contributed by atoms with E-state index in [0.717, 1.165) is 5.56 Å². The average Bonchev–Trinajstić information content (AvgIpc) is 3.27. The van der Waals surface area contributed by atoms with E-state index in [-0.39, 0.29) is 22.9 Å². The van der Waals surface area contributed by atoms with Crippen molar-refractivity contribution >= 4 is 31.9 Å². The number of amides is 2. The molecule has 0 unspecified atom stereocenters. The highest BCUT2D eigenvalue weighted by atomic mass is 32.2. The van der Waals surface area contributed by atoms with Crippen molar-refractivity contribution in [1.82, 2.24) is 14.9 Å². The van der Waals surface area contributed by atoms with Crippen LogP contribution in [-0.4, -0.2) is 58.6 Å². The Kier molecular flexibility index (Phi) is 7.84. The molecule has 33 heavy (non-hydrogen) atoms. The summed E-state index contributed by atoms with van der Waals surface area (Å²) in [4.78, 5) is 24.4. The smallest absolute Gasteiger partial charge is 0.309 e. The zero-order valence-electron chi connectivity index (χ0n) is 17.8. The summed E-state index contributed by atoms with van der Waals surface area (Å²) in [5.74, 6) is -1.67. The molecule has 1 heterocycles. The Hall–Kier alpha value is -2.80. The maximum atomic E-state index is 12.9. The molecule has 1 aliphatic heterocycles. The molecule has 178 valence electrons. The third-order valence-electron chi connectivity index (χ3n) is 5.33. The monoisotopic (exact) mass is 494 g/mol. The molecule has 0 bridgehead atoms. The predicted octanol–water partition coefficient (Wildman–Crippen LogP) is -0.0378. The van der Waals surface area contributed by atoms with Gasteiger partial charge in [-0.05, 0) is 49.1 Å². The summed E-state index contributed by atoms with van der Waals surface area (Å²) in [6.07, 6.45) is 1.64. The summed E-state index contributed by atoms with van der Waals surface area (Å²) in [7, 11) is -7.45. The minimum absolute atomic E-state index is 0.00935. The summed E-state index contributed by atoms with van der Waals surface area (Å²) in [5, 5.41) is 10.1. The number of carbonyl (C=O) groups excluding carboxylic acids is 2. The Balaban J connectivity index is 1.47. The molecule has 0 saturated carbocycles. The molecular formula is C21H26N4O6S2. The van der Waals surface area contributed by atoms with E-state index < -0.39 is 37.9 Å². The largest absolute Gasteiger partial charge is 0.348 e. The van der Waals surface area contributed by atoms with E-state index >= 15 is 0 Å². The lowest BCUT2D eigenvalue weighted by Crippen LogP contribution is -2.47. The lowest BCUT2D eigenvalue weighted by atomic mass is 10.1. The minimum Gasteiger partial charge on any atom is -0.348 e. The van der Waals surface area contributed by atoms with Crippen LogP contribution < -0.4 is 15.8 Å². The second kappa shape index (κ2) is 10.4. The van der Waals surface area contributed by atoms with Gasteiger partial charge >= 0.3 is 11.8 Å². The van der Waals surface area contributed by atoms with Gasteiger partial charge in [-0.2, -0.15) is 4.31 Å². The van der Waals surface area contributed by atoms with Gasteiger partial charge in [0, 0.05) is 25.7 Å². The molecule has 2 aromatic carbocycles. The molecule has 1 saturated heterocycles. The Bertz CT molecular complexity index is 1200. The Morgan fingerprint density at radius 1 is 0.909 bits per heavy atom. The van der Waals surface area contributed by atoms with Crippen LogP contribution in [0.25, 0.3) is 0 Å². The maximum Gasteiger partial charge on any atom is 0.309 e. The number of benzene rings is 2. The minimum atomic E-state index is -3.77. The SMILES string of the molecule is NS(=O)(=O)c1ccc(CCNC(=O)C(=O)NC[C@@H]2CCCN2S(=O)(=O)c2ccccc2)cc1. The number of hydrogen-bond acceptors (Lipinski definition) is 6. The quantitative estimate of drug-likeness (QED) is 0.437. The fraction of sp³-hybridized carbons (Fsp3) is 0.333. The van der Waals surface area contributed by atoms with Crippen molar-refractivity contribution in [2.24, 2.45) is 5.14 Å². The molecule has 1 fully saturated rings. The van der Waals surface area contributed by atoms with Crippen LogP contribution in [0.15, 0.2) is 64.4 Å². The Morgan fingerprint density at radius 3 is 2.18 bits per heavy atom. The van der Waals surface area contributed by atoms with Crippen molar-refractivity contribution in [3.63, 3.8) is 0 Å². The molecule has 2 amide bonds. The topological polar surface area (TPSA) is 156 Å². The fourth-order valence-electron chi connectivity index (χ4n) is 3.59. The van der Waals surface area contributed by atoms with Crippen LogP contribution in [0, 0.1) is 0 Å². The molecule has 0 radical (unpaired) electrons. The van der Waals surface area contributed by atoms with Crippen molar-refractivity contribution in [2.45, 2.75) is 35.1 Å². The highest BCUT2D eigenvalue weighted by Gasteiger charge is 2.35. The number of nitrogens with two attached hydrogens (primary N) is 1. The number of sulfonamides is 2. The molecule has 0 aromatic heterocycles. The van der Waals surface area contributed by atoms with E-state index in [4.69, 9.17) is 5.14 Å². The second-order valence-electron chi connectivity index (χ2n) is 7.63. The van der Waals surface area contributed by atoms with Crippen LogP contribution in [0.3, 0.4) is 0 Å². The van der Waals surface area contributed by atoms with Gasteiger partial charge in [-0.25, -0.2) is 22.0 Å². The third-order valence-corrected chi connectivity index (χ3v) is 8.22. The summed E-state index contributed by atoms with van der Waals surface area (Å²) in [6.45, 7) is 0.556. The van der Waals surface area contributed by atoms with Gasteiger partial charge in [-0.1, -0.05) is 30.3 Å². The molecule has 4 N–H and O–H groups in total. The lowest BCUT2D eigenvalue weighted by molar-refractivity contribution is -0.139. The van der Waals surface area contributed by atoms with E-state index in [1.807, 2.05) is 0 Å². The molecular weight excluding hydrogens is 468 g/mol. The van der Waals surface area contributed by atoms with Gasteiger partial charge in [-0.15, -0.1) is 0 Å². The Labute approximate surface area is 193 Å². The van der Waals surface area contributed by atoms with Crippen LogP contribution >= 0.6 is 0 Å². The normalized spacial score (nSPS) is 16.9. The van der Waals surface area contributed by atoms with Crippen molar-refractivity contribution < 1.29 is 26.4 Å². The summed E-state index contributed by atoms with van der Waals surface area (Å²) < 4.78 is 49.6. The van der Waals surface area contributed by atoms with Crippen molar-refractivity contribution in [3.8, 4) is 0 Å². The fourth-order valence-corrected chi connectivity index (χ4v) is 5.82. The number of nitrogens with zero attached hydrogens (tertiary/aromatic N) is 1. The van der Waals surface area contributed by atoms with Crippen molar-refractivity contribution in [2.75, 3.05) is 19.6 Å². The summed E-state index contributed by atoms with van der Waals surface area (Å²) >= 11 is 0. The van der Waals surface area contributed by atoms with Gasteiger partial charge in [0.2, 0.25) is 20.0 Å². The van der Waals surface area contributed by atoms with Gasteiger partial charge < -0.3 is 10.6 Å². The van der Waals surface area contributed by atoms with E-state index in [2.05, 4.69) is 10.6 Å². The first kappa shape index (κ1) is 24.8. The van der Waals surface area contributed by atoms with E-state index in [0.29, 0.717) is 25.8 Å². The average molecular weight is 495 g/mol. The van der Waals surface area contributed by atoms with Crippen LogP contribution in [-0.2, 0) is 36.1 Å². The molecule has 12 heteroatoms. The number of primary sulfonamides is 1. The lowest BCUT2D eigenvalue weighted by Gasteiger charge is -2.24. The summed E-state index contributed by atoms with van der Waals surface area (Å²) in [6, 6.07) is 13.6. The maximum absolute atomic E-state index is 12.9. The van der Waals surface area contributed by atoms with Gasteiger partial charge in [0.1, 0.15) is 0 Å². The molecule has 10 nitrogen and oxygen atoms in total. The predicted molar refractivity (Wildman–Crippen MR) is 121 cm³/mol. The zero-order valence-corrected chi connectivity index (χ0v) is 19.4. The first-order valence-corrected chi connectivity index (χ1v) is 13.3. The number of hydrogen-bond donors (Lipinski definition) is 3. The van der Waals surface area contributed by atoms with E-state index in [9.17, 15) is 26.4 Å². The molecule has 3 rings (SSSR count). The van der Waals surface area contributed by atoms with Crippen LogP contribution in [0.1, 0.15) is 18.4 Å². The third kappa shape index (κ3) is 6.38. The number of nitrogens with one attached hydrogen (secondary N) is 2. The van der Waals surface area contributed by atoms with Gasteiger partial charge in [-0.3, -0.25) is 9.59 Å². The molecule has 0 spiro atoms. The van der Waals surface area contributed by atoms with E-state index in [1.165, 1.54) is 28.6 Å². The molecule has 0 aliphatic carbocycles. The van der Waals surface area contributed by atoms with Gasteiger partial charge in [0.15, 0.2) is 0 Å². The summed E-state index contributed by atoms with van der Waals surface area (Å²) in [5.41, 5.74) is 0.760. The molecule has 1 atom stereocenters. The van der Waals surface area contributed by atoms with Crippen LogP contribution in [0.4, 0.5) is 0 Å². The Morgan fingerprint density at radius 2 is 1.55 bits per heavy atom. The second-order valence-corrected chi connectivity index (χ2v) is 11.1. The van der Waals surface area contributed by atoms with Crippen molar-refractivity contribution in [1.29, 1.82) is 0 Å². The first-order valence-electron chi connectivity index (χ1n) is 10.3. The molecule has 1 aliphatic rings. The highest BCUT2D eigenvalue weighted by molar-refractivity contribution is 7.89. The van der Waals surface area contributed by atoms with Crippen LogP contribution in [0.2, 0.25) is 0 Å². The van der Waals surface area contributed by atoms with Crippen molar-refractivity contribution in [3.05, 3.63) is 60.2 Å². The standard InChI is InChI=1S/C21H26N4O6S2/c22-32(28,29)18-10-8-16(9-11-18)12-13-23-20(26)21(27)24-15-17-5-4-14-25(17)33(30,31)19-6-2-1-3-7-19/h1-3,6-11,17H,4-5,12-15H2,(H,23,26)(H,24,27)(H2,22,28,29)/t17-/m0/s1.